The molecule has 0 N–H and O–H groups in total. The van der Waals surface area contributed by atoms with E-state index in [0.29, 0.717) is 0 Å². The first kappa shape index (κ1) is 18.3. The van der Waals surface area contributed by atoms with Crippen molar-refractivity contribution in [1.82, 2.24) is 0 Å². The van der Waals surface area contributed by atoms with Crippen molar-refractivity contribution in [1.29, 1.82) is 0 Å². The van der Waals surface area contributed by atoms with Crippen LogP contribution in [0.2, 0.25) is 0 Å². The largest absolute Gasteiger partial charge is 0.0654 e. The normalized spacial score (nSPS) is 30.0. The minimum absolute atomic E-state index is 0.903. The van der Waals surface area contributed by atoms with E-state index in [2.05, 4.69) is 20.8 Å². The Kier molecular flexibility index (Phi) is 8.33. The maximum atomic E-state index is 2.35. The molecular weight excluding hydrogens is 264 g/mol. The van der Waals surface area contributed by atoms with Gasteiger partial charge >= 0.3 is 0 Å². The zero-order valence-corrected chi connectivity index (χ0v) is 15.8. The van der Waals surface area contributed by atoms with E-state index in [9.17, 15) is 0 Å². The maximum absolute atomic E-state index is 2.35. The molecule has 0 aromatic rings. The minimum Gasteiger partial charge on any atom is -0.0654 e. The molecule has 22 heavy (non-hydrogen) atoms. The van der Waals surface area contributed by atoms with Gasteiger partial charge in [0.2, 0.25) is 0 Å². The van der Waals surface area contributed by atoms with Gasteiger partial charge in [-0.1, -0.05) is 91.4 Å². The monoisotopic (exact) mass is 306 g/mol. The van der Waals surface area contributed by atoms with E-state index in [0.717, 1.165) is 29.6 Å². The Morgan fingerprint density at radius 3 is 1.82 bits per heavy atom. The fraction of sp³-hybridized carbons (Fsp3) is 1.00. The smallest absolute Gasteiger partial charge is 0.0380 e. The average Bonchev–Trinajstić information content (AvgIpc) is 3.38. The van der Waals surface area contributed by atoms with Crippen LogP contribution in [0.3, 0.4) is 0 Å². The van der Waals surface area contributed by atoms with Crippen molar-refractivity contribution >= 4 is 0 Å². The van der Waals surface area contributed by atoms with Crippen LogP contribution in [0.1, 0.15) is 111 Å². The summed E-state index contributed by atoms with van der Waals surface area (Å²) in [7, 11) is 0. The highest BCUT2D eigenvalue weighted by atomic mass is 14.5. The highest BCUT2D eigenvalue weighted by molar-refractivity contribution is 4.94. The summed E-state index contributed by atoms with van der Waals surface area (Å²) in [4.78, 5) is 0. The van der Waals surface area contributed by atoms with Crippen molar-refractivity contribution < 1.29 is 0 Å². The Balaban J connectivity index is 1.36. The standard InChI is InChI=1S/C22H42/c1-4-5-9-13-19-15-21(19)17-22-16-20(22)14-11-8-6-7-10-12-18(2)3/h18-22H,4-17H2,1-3H3. The maximum Gasteiger partial charge on any atom is -0.0380 e. The molecule has 0 bridgehead atoms. The van der Waals surface area contributed by atoms with Crippen LogP contribution in [-0.4, -0.2) is 0 Å². The van der Waals surface area contributed by atoms with E-state index >= 15 is 0 Å². The highest BCUT2D eigenvalue weighted by Gasteiger charge is 2.44. The third kappa shape index (κ3) is 7.51. The molecule has 2 aliphatic carbocycles. The SMILES string of the molecule is CCCCCC1CC1CC1CC1CCCCCCCC(C)C. The molecule has 0 saturated heterocycles. The molecule has 2 saturated carbocycles. The summed E-state index contributed by atoms with van der Waals surface area (Å²) in [6.07, 6.45) is 21.1. The first-order chi connectivity index (χ1) is 10.7. The third-order valence-corrected chi connectivity index (χ3v) is 6.28. The summed E-state index contributed by atoms with van der Waals surface area (Å²) in [5.41, 5.74) is 0. The van der Waals surface area contributed by atoms with Crippen LogP contribution in [0.25, 0.3) is 0 Å². The first-order valence-corrected chi connectivity index (χ1v) is 10.7. The number of rotatable bonds is 14. The molecule has 130 valence electrons. The topological polar surface area (TPSA) is 0 Å². The minimum atomic E-state index is 0.903. The quantitative estimate of drug-likeness (QED) is 0.290. The van der Waals surface area contributed by atoms with Gasteiger partial charge in [0.15, 0.2) is 0 Å². The van der Waals surface area contributed by atoms with Gasteiger partial charge in [0.05, 0.1) is 0 Å². The molecule has 0 amide bonds. The van der Waals surface area contributed by atoms with Crippen molar-refractivity contribution in [3.05, 3.63) is 0 Å². The zero-order chi connectivity index (χ0) is 15.8. The van der Waals surface area contributed by atoms with Crippen LogP contribution in [0.5, 0.6) is 0 Å². The van der Waals surface area contributed by atoms with Gasteiger partial charge in [0, 0.05) is 0 Å². The molecule has 0 heterocycles. The van der Waals surface area contributed by atoms with E-state index in [1.54, 1.807) is 32.1 Å². The summed E-state index contributed by atoms with van der Waals surface area (Å²) in [6.45, 7) is 7.02. The van der Waals surface area contributed by atoms with Crippen LogP contribution < -0.4 is 0 Å². The van der Waals surface area contributed by atoms with Crippen molar-refractivity contribution in [2.45, 2.75) is 111 Å². The number of hydrogen-bond donors (Lipinski definition) is 0. The predicted octanol–water partition coefficient (Wildman–Crippen LogP) is 7.62. The van der Waals surface area contributed by atoms with Crippen molar-refractivity contribution in [2.24, 2.45) is 29.6 Å². The lowest BCUT2D eigenvalue weighted by atomic mass is 10.0. The Morgan fingerprint density at radius 2 is 1.23 bits per heavy atom. The Labute approximate surface area is 140 Å². The van der Waals surface area contributed by atoms with Gasteiger partial charge in [-0.05, 0) is 48.9 Å². The second kappa shape index (κ2) is 9.99. The van der Waals surface area contributed by atoms with Gasteiger partial charge < -0.3 is 0 Å². The lowest BCUT2D eigenvalue weighted by Crippen LogP contribution is -1.90. The molecule has 0 aromatic heterocycles. The second-order valence-corrected chi connectivity index (χ2v) is 8.98. The number of hydrogen-bond acceptors (Lipinski definition) is 0. The van der Waals surface area contributed by atoms with Gasteiger partial charge in [-0.2, -0.15) is 0 Å². The fourth-order valence-corrected chi connectivity index (χ4v) is 4.44. The average molecular weight is 307 g/mol. The molecule has 0 aromatic carbocycles. The molecular formula is C22H42. The van der Waals surface area contributed by atoms with E-state index in [1.165, 1.54) is 57.8 Å². The molecule has 0 heteroatoms. The molecule has 2 fully saturated rings. The molecule has 0 spiro atoms. The lowest BCUT2D eigenvalue weighted by molar-refractivity contribution is 0.489. The van der Waals surface area contributed by atoms with E-state index in [1.807, 2.05) is 0 Å². The summed E-state index contributed by atoms with van der Waals surface area (Å²) in [5.74, 6) is 5.51. The van der Waals surface area contributed by atoms with E-state index < -0.39 is 0 Å². The Bertz CT molecular complexity index is 280. The lowest BCUT2D eigenvalue weighted by Gasteiger charge is -2.04. The Morgan fingerprint density at radius 1 is 0.682 bits per heavy atom. The van der Waals surface area contributed by atoms with Crippen molar-refractivity contribution in [3.63, 3.8) is 0 Å². The summed E-state index contributed by atoms with van der Waals surface area (Å²) < 4.78 is 0. The van der Waals surface area contributed by atoms with E-state index in [4.69, 9.17) is 0 Å². The summed E-state index contributed by atoms with van der Waals surface area (Å²) in [5, 5.41) is 0. The van der Waals surface area contributed by atoms with Crippen LogP contribution in [0.15, 0.2) is 0 Å². The third-order valence-electron chi connectivity index (χ3n) is 6.28. The Hall–Kier alpha value is 0. The van der Waals surface area contributed by atoms with Gasteiger partial charge in [-0.25, -0.2) is 0 Å². The zero-order valence-electron chi connectivity index (χ0n) is 15.8. The van der Waals surface area contributed by atoms with Crippen LogP contribution >= 0.6 is 0 Å². The van der Waals surface area contributed by atoms with Crippen LogP contribution in [0, 0.1) is 29.6 Å². The molecule has 0 aliphatic heterocycles. The highest BCUT2D eigenvalue weighted by Crippen LogP contribution is 2.54. The van der Waals surface area contributed by atoms with Crippen LogP contribution in [-0.2, 0) is 0 Å². The molecule has 0 nitrogen and oxygen atoms in total. The summed E-state index contributed by atoms with van der Waals surface area (Å²) >= 11 is 0. The summed E-state index contributed by atoms with van der Waals surface area (Å²) in [6, 6.07) is 0. The van der Waals surface area contributed by atoms with Gasteiger partial charge in [0.25, 0.3) is 0 Å². The molecule has 4 atom stereocenters. The fourth-order valence-electron chi connectivity index (χ4n) is 4.44. The first-order valence-electron chi connectivity index (χ1n) is 10.7. The molecule has 4 unspecified atom stereocenters. The number of unbranched alkanes of at least 4 members (excludes halogenated alkanes) is 6. The predicted molar refractivity (Wildman–Crippen MR) is 99.1 cm³/mol. The van der Waals surface area contributed by atoms with Gasteiger partial charge in [0.1, 0.15) is 0 Å². The van der Waals surface area contributed by atoms with Crippen molar-refractivity contribution in [3.8, 4) is 0 Å². The second-order valence-electron chi connectivity index (χ2n) is 8.98. The van der Waals surface area contributed by atoms with Crippen molar-refractivity contribution in [2.75, 3.05) is 0 Å². The van der Waals surface area contributed by atoms with E-state index in [-0.39, 0.29) is 0 Å². The molecule has 0 radical (unpaired) electrons. The van der Waals surface area contributed by atoms with Crippen LogP contribution in [0.4, 0.5) is 0 Å². The van der Waals surface area contributed by atoms with Gasteiger partial charge in [-0.15, -0.1) is 0 Å². The van der Waals surface area contributed by atoms with Gasteiger partial charge in [-0.3, -0.25) is 0 Å². The molecule has 2 aliphatic rings. The molecule has 2 rings (SSSR count).